The van der Waals surface area contributed by atoms with Crippen LogP contribution in [0.3, 0.4) is 0 Å². The molecule has 0 bridgehead atoms. The summed E-state index contributed by atoms with van der Waals surface area (Å²) in [5.41, 5.74) is 17.7. The Bertz CT molecular complexity index is 1270. The van der Waals surface area contributed by atoms with Gasteiger partial charge in [-0.1, -0.05) is 43.3 Å². The number of benzene rings is 4. The predicted octanol–water partition coefficient (Wildman–Crippen LogP) is 2.75. The molecule has 4 aromatic carbocycles. The Hall–Kier alpha value is -1.66. The van der Waals surface area contributed by atoms with Gasteiger partial charge in [-0.2, -0.15) is 0 Å². The van der Waals surface area contributed by atoms with Gasteiger partial charge in [-0.15, -0.1) is 0 Å². The van der Waals surface area contributed by atoms with Gasteiger partial charge < -0.3 is 24.8 Å². The molecule has 0 amide bonds. The van der Waals surface area contributed by atoms with E-state index in [1.54, 1.807) is 24.7 Å². The van der Waals surface area contributed by atoms with Gasteiger partial charge >= 0.3 is 112 Å². The molecule has 0 saturated carbocycles. The summed E-state index contributed by atoms with van der Waals surface area (Å²) >= 11 is 1.59. The number of hydrogen-bond acceptors (Lipinski definition) is 0. The summed E-state index contributed by atoms with van der Waals surface area (Å²) in [4.78, 5) is 0. The molecule has 0 aromatic heterocycles. The van der Waals surface area contributed by atoms with Gasteiger partial charge in [0.2, 0.25) is 0 Å². The summed E-state index contributed by atoms with van der Waals surface area (Å²) < 4.78 is 0.636. The van der Waals surface area contributed by atoms with Crippen molar-refractivity contribution in [3.05, 3.63) is 117 Å². The molecule has 35 heavy (non-hydrogen) atoms. The van der Waals surface area contributed by atoms with Crippen LogP contribution in [-0.4, -0.2) is 0 Å². The molecule has 0 heterocycles. The van der Waals surface area contributed by atoms with Crippen molar-refractivity contribution >= 4 is 0 Å². The van der Waals surface area contributed by atoms with Crippen molar-refractivity contribution in [3.63, 3.8) is 0 Å². The third-order valence-corrected chi connectivity index (χ3v) is 9.03. The van der Waals surface area contributed by atoms with Crippen molar-refractivity contribution < 1.29 is 49.5 Å². The van der Waals surface area contributed by atoms with Crippen LogP contribution in [0.2, 0.25) is 0 Å². The molecule has 177 valence electrons. The van der Waals surface area contributed by atoms with Gasteiger partial charge in [0.05, 0.1) is 0 Å². The molecule has 0 aliphatic heterocycles. The smallest absolute Gasteiger partial charge is 1.00 e. The molecule has 2 aliphatic carbocycles. The van der Waals surface area contributed by atoms with E-state index >= 15 is 0 Å². The third kappa shape index (κ3) is 4.61. The average Bonchev–Trinajstić information content (AvgIpc) is 3.30. The second-order valence-electron chi connectivity index (χ2n) is 9.55. The Morgan fingerprint density at radius 2 is 0.800 bits per heavy atom. The maximum absolute atomic E-state index is 2.30. The zero-order chi connectivity index (χ0) is 23.3. The quantitative estimate of drug-likeness (QED) is 0.327. The van der Waals surface area contributed by atoms with E-state index in [1.807, 2.05) is 0 Å². The summed E-state index contributed by atoms with van der Waals surface area (Å²) in [6, 6.07) is 26.9. The van der Waals surface area contributed by atoms with Crippen molar-refractivity contribution in [3.8, 4) is 22.3 Å². The Kier molecular flexibility index (Phi) is 8.91. The molecule has 4 aromatic rings. The van der Waals surface area contributed by atoms with Gasteiger partial charge in [-0.25, -0.2) is 0 Å². The number of halogens is 2. The normalized spacial score (nSPS) is 12.9. The fourth-order valence-corrected chi connectivity index (χ4v) is 7.15. The van der Waals surface area contributed by atoms with Gasteiger partial charge in [-0.05, 0) is 53.6 Å². The van der Waals surface area contributed by atoms with Gasteiger partial charge in [0.25, 0.3) is 0 Å². The van der Waals surface area contributed by atoms with E-state index < -0.39 is 0 Å². The van der Waals surface area contributed by atoms with E-state index in [0.717, 1.165) is 0 Å². The fraction of sp³-hybridized carbons (Fsp3) is 0.250. The molecule has 6 rings (SSSR count). The molecular weight excluding hydrogens is 546 g/mol. The Labute approximate surface area is 238 Å². The maximum Gasteiger partial charge on any atom is -1.00 e. The van der Waals surface area contributed by atoms with Crippen molar-refractivity contribution in [2.75, 3.05) is 0 Å². The van der Waals surface area contributed by atoms with Crippen molar-refractivity contribution in [2.45, 2.75) is 50.6 Å². The van der Waals surface area contributed by atoms with Crippen molar-refractivity contribution in [1.29, 1.82) is 0 Å². The molecule has 0 fully saturated rings. The second kappa shape index (κ2) is 11.2. The molecule has 0 saturated heterocycles. The van der Waals surface area contributed by atoms with E-state index in [4.69, 9.17) is 0 Å². The van der Waals surface area contributed by atoms with Crippen LogP contribution in [-0.2, 0) is 24.7 Å². The SMILES string of the molecule is CCC1c2cccc(C)c2-c2c(C)cccc21.Cc1cccc2c1-c1c(C)cccc1[CH]2[Zr+2].[Cl-].[Cl-]. The zero-order valence-electron chi connectivity index (χ0n) is 21.0. The minimum absolute atomic E-state index is 0. The van der Waals surface area contributed by atoms with Crippen molar-refractivity contribution in [2.24, 2.45) is 0 Å². The fourth-order valence-electron chi connectivity index (χ4n) is 5.96. The van der Waals surface area contributed by atoms with E-state index in [-0.39, 0.29) is 24.8 Å². The van der Waals surface area contributed by atoms with Crippen LogP contribution >= 0.6 is 0 Å². The van der Waals surface area contributed by atoms with E-state index in [0.29, 0.717) is 9.54 Å². The maximum atomic E-state index is 2.30. The predicted molar refractivity (Wildman–Crippen MR) is 137 cm³/mol. The average molecular weight is 578 g/mol. The number of fused-ring (bicyclic) bond motifs is 6. The molecule has 0 atom stereocenters. The first-order chi connectivity index (χ1) is 15.9. The first kappa shape index (κ1) is 27.9. The van der Waals surface area contributed by atoms with Crippen LogP contribution in [0.25, 0.3) is 22.3 Å². The molecule has 0 spiro atoms. The van der Waals surface area contributed by atoms with Crippen LogP contribution < -0.4 is 24.8 Å². The van der Waals surface area contributed by atoms with Crippen LogP contribution in [0.15, 0.2) is 72.8 Å². The largest absolute Gasteiger partial charge is 1.00 e. The summed E-state index contributed by atoms with van der Waals surface area (Å²) in [5.74, 6) is 0.597. The Balaban J connectivity index is 0.000000185. The molecule has 0 N–H and O–H groups in total. The van der Waals surface area contributed by atoms with Gasteiger partial charge in [0, 0.05) is 5.92 Å². The van der Waals surface area contributed by atoms with E-state index in [1.165, 1.54) is 73.2 Å². The minimum atomic E-state index is 0. The topological polar surface area (TPSA) is 0 Å². The van der Waals surface area contributed by atoms with Crippen LogP contribution in [0.4, 0.5) is 0 Å². The standard InChI is InChI=1S/C17H18.C15H13.2ClH.Zr/c1-4-13-14-9-5-7-11(2)16(14)17-12(3)8-6-10-15(13)17;1-10-5-3-7-12-9-13-8-4-6-11(2)15(13)14(10)12;;;/h5-10,13H,4H2,1-3H3;3-9H,1-2H3;2*1H;/q;;;;+2/p-2. The summed E-state index contributed by atoms with van der Waals surface area (Å²) in [6.07, 6.45) is 1.19. The minimum Gasteiger partial charge on any atom is -1.00 e. The van der Waals surface area contributed by atoms with Crippen molar-refractivity contribution in [1.82, 2.24) is 0 Å². The van der Waals surface area contributed by atoms with Gasteiger partial charge in [0.15, 0.2) is 0 Å². The van der Waals surface area contributed by atoms with Crippen LogP contribution in [0, 0.1) is 27.7 Å². The Morgan fingerprint density at radius 3 is 1.11 bits per heavy atom. The second-order valence-corrected chi connectivity index (χ2v) is 11.0. The van der Waals surface area contributed by atoms with E-state index in [2.05, 4.69) is 107 Å². The van der Waals surface area contributed by atoms with Crippen LogP contribution in [0.5, 0.6) is 0 Å². The molecule has 0 nitrogen and oxygen atoms in total. The zero-order valence-corrected chi connectivity index (χ0v) is 25.0. The summed E-state index contributed by atoms with van der Waals surface area (Å²) in [6.45, 7) is 11.2. The first-order valence-corrected chi connectivity index (χ1v) is 13.5. The molecular formula is C32H31Cl2Zr. The monoisotopic (exact) mass is 575 g/mol. The number of rotatable bonds is 1. The van der Waals surface area contributed by atoms with E-state index in [9.17, 15) is 0 Å². The Morgan fingerprint density at radius 1 is 0.514 bits per heavy atom. The molecule has 3 heteroatoms. The molecule has 0 unspecified atom stereocenters. The van der Waals surface area contributed by atoms with Gasteiger partial charge in [-0.3, -0.25) is 0 Å². The molecule has 0 radical (unpaired) electrons. The van der Waals surface area contributed by atoms with Gasteiger partial charge in [0.1, 0.15) is 0 Å². The number of hydrogen-bond donors (Lipinski definition) is 0. The first-order valence-electron chi connectivity index (χ1n) is 12.0. The summed E-state index contributed by atoms with van der Waals surface area (Å²) in [5, 5.41) is 0. The summed E-state index contributed by atoms with van der Waals surface area (Å²) in [7, 11) is 0. The third-order valence-electron chi connectivity index (χ3n) is 7.50. The van der Waals surface area contributed by atoms with Crippen LogP contribution in [0.1, 0.15) is 67.4 Å². The molecule has 2 aliphatic rings. The number of aryl methyl sites for hydroxylation is 4.